The molecule has 0 spiro atoms. The van der Waals surface area contributed by atoms with Crippen molar-refractivity contribution in [2.45, 2.75) is 18.1 Å². The summed E-state index contributed by atoms with van der Waals surface area (Å²) >= 11 is 1.30. The molecule has 1 fully saturated rings. The zero-order valence-electron chi connectivity index (χ0n) is 8.14. The van der Waals surface area contributed by atoms with Crippen molar-refractivity contribution in [3.05, 3.63) is 11.6 Å². The molecule has 2 heterocycles. The highest BCUT2D eigenvalue weighted by Crippen LogP contribution is 2.18. The Hall–Kier alpha value is -0.660. The van der Waals surface area contributed by atoms with Crippen molar-refractivity contribution in [3.8, 4) is 0 Å². The second-order valence-electron chi connectivity index (χ2n) is 3.43. The Morgan fingerprint density at radius 1 is 1.47 bits per heavy atom. The summed E-state index contributed by atoms with van der Waals surface area (Å²) in [4.78, 5) is 3.91. The molecule has 84 valence electrons. The van der Waals surface area contributed by atoms with E-state index in [1.165, 1.54) is 11.3 Å². The van der Waals surface area contributed by atoms with Crippen LogP contribution in [-0.4, -0.2) is 31.7 Å². The van der Waals surface area contributed by atoms with Crippen LogP contribution in [0.15, 0.2) is 11.6 Å². The average Bonchev–Trinajstić information content (AvgIpc) is 2.71. The van der Waals surface area contributed by atoms with Gasteiger partial charge in [0, 0.05) is 11.6 Å². The van der Waals surface area contributed by atoms with Crippen LogP contribution < -0.4 is 10.0 Å². The number of nitrogens with one attached hydrogen (secondary N) is 2. The summed E-state index contributed by atoms with van der Waals surface area (Å²) in [6, 6.07) is 0. The number of anilines is 1. The summed E-state index contributed by atoms with van der Waals surface area (Å²) in [6.07, 6.45) is 2.92. The summed E-state index contributed by atoms with van der Waals surface area (Å²) in [5.41, 5.74) is 0. The molecule has 1 aliphatic rings. The van der Waals surface area contributed by atoms with Crippen LogP contribution in [0, 0.1) is 0 Å². The Morgan fingerprint density at radius 2 is 2.20 bits per heavy atom. The van der Waals surface area contributed by atoms with E-state index in [1.807, 2.05) is 0 Å². The Bertz CT molecular complexity index is 396. The van der Waals surface area contributed by atoms with Gasteiger partial charge in [-0.3, -0.25) is 4.72 Å². The van der Waals surface area contributed by atoms with Crippen LogP contribution in [0.2, 0.25) is 0 Å². The van der Waals surface area contributed by atoms with E-state index in [1.54, 1.807) is 11.6 Å². The third-order valence-electron chi connectivity index (χ3n) is 2.39. The van der Waals surface area contributed by atoms with Crippen LogP contribution in [0.4, 0.5) is 5.13 Å². The molecular formula is C8H13N3O2S2. The Labute approximate surface area is 93.0 Å². The number of aromatic nitrogens is 1. The van der Waals surface area contributed by atoms with Crippen LogP contribution in [-0.2, 0) is 10.0 Å². The first-order valence-corrected chi connectivity index (χ1v) is 7.23. The molecule has 0 amide bonds. The molecule has 15 heavy (non-hydrogen) atoms. The van der Waals surface area contributed by atoms with Gasteiger partial charge in [-0.1, -0.05) is 0 Å². The summed E-state index contributed by atoms with van der Waals surface area (Å²) in [6.45, 7) is 1.53. The van der Waals surface area contributed by atoms with Crippen molar-refractivity contribution >= 4 is 26.5 Å². The third-order valence-corrected chi connectivity index (χ3v) is 5.03. The molecule has 0 bridgehead atoms. The molecule has 0 aliphatic carbocycles. The summed E-state index contributed by atoms with van der Waals surface area (Å²) in [5, 5.41) is 5.05. The van der Waals surface area contributed by atoms with Gasteiger partial charge in [0.15, 0.2) is 5.13 Å². The van der Waals surface area contributed by atoms with E-state index >= 15 is 0 Å². The fraction of sp³-hybridized carbons (Fsp3) is 0.625. The maximum atomic E-state index is 11.9. The number of hydrogen-bond acceptors (Lipinski definition) is 5. The highest BCUT2D eigenvalue weighted by atomic mass is 32.2. The lowest BCUT2D eigenvalue weighted by Gasteiger charge is -2.22. The van der Waals surface area contributed by atoms with E-state index in [0.717, 1.165) is 13.1 Å². The Morgan fingerprint density at radius 3 is 2.80 bits per heavy atom. The minimum atomic E-state index is -3.25. The fourth-order valence-corrected chi connectivity index (χ4v) is 3.82. The molecule has 2 rings (SSSR count). The number of nitrogens with zero attached hydrogens (tertiary/aromatic N) is 1. The normalized spacial score (nSPS) is 18.9. The van der Waals surface area contributed by atoms with Crippen molar-refractivity contribution in [1.29, 1.82) is 0 Å². The second kappa shape index (κ2) is 4.46. The largest absolute Gasteiger partial charge is 0.317 e. The van der Waals surface area contributed by atoms with Crippen LogP contribution in [0.25, 0.3) is 0 Å². The van der Waals surface area contributed by atoms with Crippen molar-refractivity contribution in [1.82, 2.24) is 10.3 Å². The predicted octanol–water partition coefficient (Wildman–Crippen LogP) is 0.637. The lowest BCUT2D eigenvalue weighted by molar-refractivity contribution is 0.499. The molecule has 0 aromatic carbocycles. The standard InChI is InChI=1S/C8H13N3O2S2/c12-15(13,7-1-3-9-4-2-7)11-8-10-5-6-14-8/h5-7,9H,1-4H2,(H,10,11). The molecule has 1 aliphatic heterocycles. The molecule has 1 aromatic rings. The fourth-order valence-electron chi connectivity index (χ4n) is 1.58. The van der Waals surface area contributed by atoms with E-state index in [4.69, 9.17) is 0 Å². The predicted molar refractivity (Wildman–Crippen MR) is 60.5 cm³/mol. The monoisotopic (exact) mass is 247 g/mol. The zero-order valence-corrected chi connectivity index (χ0v) is 9.77. The Balaban J connectivity index is 2.05. The molecule has 0 unspecified atom stereocenters. The molecule has 0 saturated carbocycles. The lowest BCUT2D eigenvalue weighted by atomic mass is 10.2. The minimum absolute atomic E-state index is 0.289. The van der Waals surface area contributed by atoms with E-state index in [9.17, 15) is 8.42 Å². The van der Waals surface area contributed by atoms with Gasteiger partial charge in [-0.25, -0.2) is 13.4 Å². The van der Waals surface area contributed by atoms with E-state index in [-0.39, 0.29) is 5.25 Å². The number of thiazole rings is 1. The van der Waals surface area contributed by atoms with Crippen molar-refractivity contribution < 1.29 is 8.42 Å². The van der Waals surface area contributed by atoms with Gasteiger partial charge in [0.05, 0.1) is 5.25 Å². The van der Waals surface area contributed by atoms with Crippen LogP contribution in [0.1, 0.15) is 12.8 Å². The van der Waals surface area contributed by atoms with E-state index in [0.29, 0.717) is 18.0 Å². The first-order valence-electron chi connectivity index (χ1n) is 4.80. The highest BCUT2D eigenvalue weighted by molar-refractivity contribution is 7.93. The van der Waals surface area contributed by atoms with Gasteiger partial charge in [-0.2, -0.15) is 0 Å². The molecular weight excluding hydrogens is 234 g/mol. The SMILES string of the molecule is O=S(=O)(Nc1nccs1)C1CCNCC1. The molecule has 1 aromatic heterocycles. The topological polar surface area (TPSA) is 71.1 Å². The van der Waals surface area contributed by atoms with E-state index in [2.05, 4.69) is 15.0 Å². The molecule has 5 nitrogen and oxygen atoms in total. The highest BCUT2D eigenvalue weighted by Gasteiger charge is 2.27. The van der Waals surface area contributed by atoms with Gasteiger partial charge in [-0.05, 0) is 25.9 Å². The van der Waals surface area contributed by atoms with Crippen molar-refractivity contribution in [3.63, 3.8) is 0 Å². The quantitative estimate of drug-likeness (QED) is 0.822. The van der Waals surface area contributed by atoms with Crippen LogP contribution in [0.3, 0.4) is 0 Å². The maximum absolute atomic E-state index is 11.9. The summed E-state index contributed by atoms with van der Waals surface area (Å²) in [7, 11) is -3.25. The lowest BCUT2D eigenvalue weighted by Crippen LogP contribution is -2.38. The number of sulfonamides is 1. The maximum Gasteiger partial charge on any atom is 0.237 e. The minimum Gasteiger partial charge on any atom is -0.317 e. The van der Waals surface area contributed by atoms with Crippen LogP contribution >= 0.6 is 11.3 Å². The molecule has 7 heteroatoms. The molecule has 2 N–H and O–H groups in total. The average molecular weight is 247 g/mol. The summed E-state index contributed by atoms with van der Waals surface area (Å²) < 4.78 is 26.3. The number of hydrogen-bond donors (Lipinski definition) is 2. The van der Waals surface area contributed by atoms with Crippen molar-refractivity contribution in [2.75, 3.05) is 17.8 Å². The molecule has 0 radical (unpaired) electrons. The van der Waals surface area contributed by atoms with Crippen molar-refractivity contribution in [2.24, 2.45) is 0 Å². The van der Waals surface area contributed by atoms with Gasteiger partial charge in [0.2, 0.25) is 10.0 Å². The molecule has 0 atom stereocenters. The summed E-state index contributed by atoms with van der Waals surface area (Å²) in [5.74, 6) is 0. The van der Waals surface area contributed by atoms with Gasteiger partial charge in [0.25, 0.3) is 0 Å². The van der Waals surface area contributed by atoms with E-state index < -0.39 is 10.0 Å². The third kappa shape index (κ3) is 2.67. The Kier molecular flexibility index (Phi) is 3.22. The number of piperidine rings is 1. The van der Waals surface area contributed by atoms with Crippen LogP contribution in [0.5, 0.6) is 0 Å². The zero-order chi connectivity index (χ0) is 10.7. The smallest absolute Gasteiger partial charge is 0.237 e. The first kappa shape index (κ1) is 10.8. The second-order valence-corrected chi connectivity index (χ2v) is 6.29. The molecule has 1 saturated heterocycles. The first-order chi connectivity index (χ1) is 7.18. The number of rotatable bonds is 3. The van der Waals surface area contributed by atoms with Gasteiger partial charge < -0.3 is 5.32 Å². The van der Waals surface area contributed by atoms with Gasteiger partial charge in [0.1, 0.15) is 0 Å². The van der Waals surface area contributed by atoms with Gasteiger partial charge in [-0.15, -0.1) is 11.3 Å². The van der Waals surface area contributed by atoms with Gasteiger partial charge >= 0.3 is 0 Å².